The summed E-state index contributed by atoms with van der Waals surface area (Å²) in [6, 6.07) is -0.909. The zero-order valence-corrected chi connectivity index (χ0v) is 10.4. The lowest BCUT2D eigenvalue weighted by Gasteiger charge is -2.18. The first-order valence-corrected chi connectivity index (χ1v) is 6.47. The minimum Gasteiger partial charge on any atom is -0.481 e. The minimum atomic E-state index is -0.936. The summed E-state index contributed by atoms with van der Waals surface area (Å²) in [5.41, 5.74) is 0. The first-order valence-electron chi connectivity index (χ1n) is 5.48. The fourth-order valence-electron chi connectivity index (χ4n) is 1.61. The predicted molar refractivity (Wildman–Crippen MR) is 63.9 cm³/mol. The number of amides is 2. The molecular weight excluding hydrogens is 244 g/mol. The quantitative estimate of drug-likeness (QED) is 0.649. The first kappa shape index (κ1) is 13.8. The number of carbonyl (C=O) groups is 3. The summed E-state index contributed by atoms with van der Waals surface area (Å²) >= 11 is 1.06. The highest BCUT2D eigenvalue weighted by Crippen LogP contribution is 2.13. The summed E-state index contributed by atoms with van der Waals surface area (Å²) in [4.78, 5) is 33.3. The Bertz CT molecular complexity index is 321. The molecular formula is C10H16N2O4S. The molecule has 0 spiro atoms. The summed E-state index contributed by atoms with van der Waals surface area (Å²) < 4.78 is 0. The van der Waals surface area contributed by atoms with Gasteiger partial charge in [0, 0.05) is 11.8 Å². The van der Waals surface area contributed by atoms with Crippen molar-refractivity contribution < 1.29 is 19.5 Å². The number of nitrogens with one attached hydrogen (secondary N) is 2. The second kappa shape index (κ2) is 6.48. The SMILES string of the molecule is CCCC(CC(=O)O)NC(=O)C1CSC(=O)N1. The summed E-state index contributed by atoms with van der Waals surface area (Å²) in [7, 11) is 0. The van der Waals surface area contributed by atoms with Gasteiger partial charge in [-0.25, -0.2) is 0 Å². The van der Waals surface area contributed by atoms with Crippen molar-refractivity contribution in [2.75, 3.05) is 5.75 Å². The van der Waals surface area contributed by atoms with Crippen molar-refractivity contribution in [1.29, 1.82) is 0 Å². The van der Waals surface area contributed by atoms with Crippen LogP contribution in [0.4, 0.5) is 4.79 Å². The highest BCUT2D eigenvalue weighted by molar-refractivity contribution is 8.14. The van der Waals surface area contributed by atoms with Crippen molar-refractivity contribution in [1.82, 2.24) is 10.6 Å². The third kappa shape index (κ3) is 4.64. The van der Waals surface area contributed by atoms with Crippen LogP contribution in [-0.4, -0.2) is 40.1 Å². The molecule has 1 fully saturated rings. The standard InChI is InChI=1S/C10H16N2O4S/c1-2-3-6(4-8(13)14)11-9(15)7-5-17-10(16)12-7/h6-7H,2-5H2,1H3,(H,11,15)(H,12,16)(H,13,14). The van der Waals surface area contributed by atoms with Gasteiger partial charge in [-0.2, -0.15) is 0 Å². The van der Waals surface area contributed by atoms with E-state index in [1.54, 1.807) is 0 Å². The van der Waals surface area contributed by atoms with E-state index in [0.717, 1.165) is 18.2 Å². The fourth-order valence-corrected chi connectivity index (χ4v) is 2.39. The molecule has 6 nitrogen and oxygen atoms in total. The van der Waals surface area contributed by atoms with Crippen molar-refractivity contribution in [2.45, 2.75) is 38.3 Å². The number of carbonyl (C=O) groups excluding carboxylic acids is 2. The largest absolute Gasteiger partial charge is 0.481 e. The van der Waals surface area contributed by atoms with Crippen LogP contribution in [0.25, 0.3) is 0 Å². The van der Waals surface area contributed by atoms with Crippen LogP contribution in [-0.2, 0) is 9.59 Å². The van der Waals surface area contributed by atoms with Crippen LogP contribution in [0.1, 0.15) is 26.2 Å². The normalized spacial score (nSPS) is 20.8. The average molecular weight is 260 g/mol. The van der Waals surface area contributed by atoms with Gasteiger partial charge in [0.2, 0.25) is 5.91 Å². The van der Waals surface area contributed by atoms with Crippen LogP contribution in [0, 0.1) is 0 Å². The molecule has 0 bridgehead atoms. The molecule has 0 aliphatic carbocycles. The van der Waals surface area contributed by atoms with E-state index in [9.17, 15) is 14.4 Å². The van der Waals surface area contributed by atoms with E-state index in [1.165, 1.54) is 0 Å². The Morgan fingerprint density at radius 2 is 2.35 bits per heavy atom. The molecule has 0 aromatic rings. The van der Waals surface area contributed by atoms with E-state index in [0.29, 0.717) is 12.2 Å². The Labute approximate surface area is 104 Å². The molecule has 1 aliphatic rings. The number of aliphatic carboxylic acids is 1. The summed E-state index contributed by atoms with van der Waals surface area (Å²) in [5, 5.41) is 13.7. The molecule has 0 radical (unpaired) electrons. The molecule has 1 saturated heterocycles. The van der Waals surface area contributed by atoms with Gasteiger partial charge in [0.25, 0.3) is 5.24 Å². The summed E-state index contributed by atoms with van der Waals surface area (Å²) in [6.45, 7) is 1.92. The van der Waals surface area contributed by atoms with E-state index in [2.05, 4.69) is 10.6 Å². The molecule has 2 atom stereocenters. The van der Waals surface area contributed by atoms with Crippen LogP contribution in [0.15, 0.2) is 0 Å². The number of carboxylic acids is 1. The van der Waals surface area contributed by atoms with Crippen LogP contribution in [0.2, 0.25) is 0 Å². The van der Waals surface area contributed by atoms with Crippen molar-refractivity contribution in [3.05, 3.63) is 0 Å². The molecule has 17 heavy (non-hydrogen) atoms. The van der Waals surface area contributed by atoms with Crippen LogP contribution < -0.4 is 10.6 Å². The summed E-state index contributed by atoms with van der Waals surface area (Å²) in [6.07, 6.45) is 1.32. The number of rotatable bonds is 6. The minimum absolute atomic E-state index is 0.0899. The van der Waals surface area contributed by atoms with Gasteiger partial charge in [-0.3, -0.25) is 14.4 Å². The number of hydrogen-bond acceptors (Lipinski definition) is 4. The molecule has 0 saturated carbocycles. The third-order valence-electron chi connectivity index (χ3n) is 2.39. The second-order valence-electron chi connectivity index (χ2n) is 3.89. The molecule has 0 aromatic carbocycles. The molecule has 3 N–H and O–H groups in total. The highest BCUT2D eigenvalue weighted by atomic mass is 32.2. The van der Waals surface area contributed by atoms with E-state index < -0.39 is 12.0 Å². The fraction of sp³-hybridized carbons (Fsp3) is 0.700. The van der Waals surface area contributed by atoms with Gasteiger partial charge in [0.1, 0.15) is 6.04 Å². The van der Waals surface area contributed by atoms with Gasteiger partial charge >= 0.3 is 5.97 Å². The van der Waals surface area contributed by atoms with Gasteiger partial charge in [-0.05, 0) is 6.42 Å². The van der Waals surface area contributed by atoms with Gasteiger partial charge in [0.05, 0.1) is 6.42 Å². The van der Waals surface area contributed by atoms with Crippen LogP contribution in [0.3, 0.4) is 0 Å². The van der Waals surface area contributed by atoms with Crippen molar-refractivity contribution in [3.8, 4) is 0 Å². The van der Waals surface area contributed by atoms with Crippen molar-refractivity contribution in [3.63, 3.8) is 0 Å². The monoisotopic (exact) mass is 260 g/mol. The molecule has 2 unspecified atom stereocenters. The van der Waals surface area contributed by atoms with E-state index in [-0.39, 0.29) is 23.6 Å². The molecule has 1 heterocycles. The molecule has 0 aromatic heterocycles. The maximum atomic E-state index is 11.7. The Balaban J connectivity index is 2.45. The average Bonchev–Trinajstić information content (AvgIpc) is 2.64. The highest BCUT2D eigenvalue weighted by Gasteiger charge is 2.29. The zero-order valence-electron chi connectivity index (χ0n) is 9.56. The second-order valence-corrected chi connectivity index (χ2v) is 4.88. The first-order chi connectivity index (χ1) is 8.02. The van der Waals surface area contributed by atoms with E-state index in [1.807, 2.05) is 6.92 Å². The topological polar surface area (TPSA) is 95.5 Å². The lowest BCUT2D eigenvalue weighted by Crippen LogP contribution is -2.47. The van der Waals surface area contributed by atoms with Crippen molar-refractivity contribution in [2.24, 2.45) is 0 Å². The van der Waals surface area contributed by atoms with Gasteiger partial charge < -0.3 is 15.7 Å². The lowest BCUT2D eigenvalue weighted by atomic mass is 10.1. The number of hydrogen-bond donors (Lipinski definition) is 3. The van der Waals surface area contributed by atoms with Crippen LogP contribution in [0.5, 0.6) is 0 Å². The zero-order chi connectivity index (χ0) is 12.8. The molecule has 1 aliphatic heterocycles. The maximum Gasteiger partial charge on any atom is 0.305 e. The van der Waals surface area contributed by atoms with Gasteiger partial charge in [-0.15, -0.1) is 0 Å². The smallest absolute Gasteiger partial charge is 0.305 e. The van der Waals surface area contributed by atoms with Crippen molar-refractivity contribution >= 4 is 28.9 Å². The lowest BCUT2D eigenvalue weighted by molar-refractivity contribution is -0.137. The molecule has 2 amide bonds. The maximum absolute atomic E-state index is 11.7. The van der Waals surface area contributed by atoms with Crippen LogP contribution >= 0.6 is 11.8 Å². The number of thioether (sulfide) groups is 1. The Morgan fingerprint density at radius 3 is 2.82 bits per heavy atom. The van der Waals surface area contributed by atoms with E-state index >= 15 is 0 Å². The van der Waals surface area contributed by atoms with Gasteiger partial charge in [0.15, 0.2) is 0 Å². The van der Waals surface area contributed by atoms with E-state index in [4.69, 9.17) is 5.11 Å². The number of carboxylic acid groups (broad SMARTS) is 1. The summed E-state index contributed by atoms with van der Waals surface area (Å²) in [5.74, 6) is -0.840. The Morgan fingerprint density at radius 1 is 1.65 bits per heavy atom. The Hall–Kier alpha value is -1.24. The molecule has 7 heteroatoms. The predicted octanol–water partition coefficient (Wildman–Crippen LogP) is 0.571. The van der Waals surface area contributed by atoms with Gasteiger partial charge in [-0.1, -0.05) is 25.1 Å². The molecule has 96 valence electrons. The third-order valence-corrected chi connectivity index (χ3v) is 3.27. The molecule has 1 rings (SSSR count). The Kier molecular flexibility index (Phi) is 5.27.